The van der Waals surface area contributed by atoms with Crippen LogP contribution in [0.25, 0.3) is 0 Å². The lowest BCUT2D eigenvalue weighted by atomic mass is 9.64. The van der Waals surface area contributed by atoms with Crippen molar-refractivity contribution in [2.75, 3.05) is 0 Å². The van der Waals surface area contributed by atoms with E-state index in [1.807, 2.05) is 0 Å². The second-order valence-electron chi connectivity index (χ2n) is 8.82. The number of carbonyl (C=O) groups is 2. The Kier molecular flexibility index (Phi) is 6.20. The van der Waals surface area contributed by atoms with E-state index in [-0.39, 0.29) is 29.6 Å². The number of nitrogens with two attached hydrogens (primary N) is 1. The minimum absolute atomic E-state index is 0.123. The molecule has 0 bridgehead atoms. The van der Waals surface area contributed by atoms with Crippen molar-refractivity contribution in [3.05, 3.63) is 0 Å². The molecule has 0 aromatic heterocycles. The smallest absolute Gasteiger partial charge is 0.303 e. The zero-order chi connectivity index (χ0) is 18.7. The molecule has 0 radical (unpaired) electrons. The Labute approximate surface area is 155 Å². The van der Waals surface area contributed by atoms with Crippen molar-refractivity contribution in [1.29, 1.82) is 5.41 Å². The molecule has 0 aromatic carbocycles. The van der Waals surface area contributed by atoms with Gasteiger partial charge < -0.3 is 16.2 Å². The number of carboxylic acid groups (broad SMARTS) is 1. The molecule has 0 heterocycles. The molecule has 146 valence electrons. The van der Waals surface area contributed by atoms with Gasteiger partial charge in [0.15, 0.2) is 0 Å². The van der Waals surface area contributed by atoms with Crippen LogP contribution in [-0.4, -0.2) is 28.9 Å². The average Bonchev–Trinajstić information content (AvgIpc) is 2.61. The van der Waals surface area contributed by atoms with E-state index in [1.165, 1.54) is 0 Å². The van der Waals surface area contributed by atoms with Crippen molar-refractivity contribution in [1.82, 2.24) is 5.32 Å². The van der Waals surface area contributed by atoms with E-state index < -0.39 is 5.97 Å². The normalized spacial score (nSPS) is 37.4. The van der Waals surface area contributed by atoms with Crippen LogP contribution < -0.4 is 11.1 Å². The van der Waals surface area contributed by atoms with E-state index in [0.717, 1.165) is 64.2 Å². The van der Waals surface area contributed by atoms with Gasteiger partial charge in [-0.05, 0) is 82.0 Å². The van der Waals surface area contributed by atoms with Crippen LogP contribution >= 0.6 is 0 Å². The second-order valence-corrected chi connectivity index (χ2v) is 8.82. The molecule has 6 nitrogen and oxygen atoms in total. The molecule has 0 spiro atoms. The molecule has 3 rings (SSSR count). The zero-order valence-electron chi connectivity index (χ0n) is 15.6. The van der Waals surface area contributed by atoms with Crippen LogP contribution in [-0.2, 0) is 9.59 Å². The summed E-state index contributed by atoms with van der Waals surface area (Å²) < 4.78 is 0. The predicted molar refractivity (Wildman–Crippen MR) is 99.7 cm³/mol. The molecule has 26 heavy (non-hydrogen) atoms. The van der Waals surface area contributed by atoms with E-state index in [0.29, 0.717) is 24.2 Å². The number of rotatable bonds is 5. The van der Waals surface area contributed by atoms with Crippen LogP contribution in [0.4, 0.5) is 0 Å². The predicted octanol–water partition coefficient (Wildman–Crippen LogP) is 2.90. The maximum absolute atomic E-state index is 12.7. The van der Waals surface area contributed by atoms with Gasteiger partial charge in [0, 0.05) is 24.3 Å². The largest absolute Gasteiger partial charge is 0.481 e. The quantitative estimate of drug-likeness (QED) is 0.444. The lowest BCUT2D eigenvalue weighted by molar-refractivity contribution is -0.138. The topological polar surface area (TPSA) is 116 Å². The van der Waals surface area contributed by atoms with Gasteiger partial charge in [-0.25, -0.2) is 0 Å². The Balaban J connectivity index is 1.43. The number of fused-ring (bicyclic) bond motifs is 1. The monoisotopic (exact) mass is 363 g/mol. The summed E-state index contributed by atoms with van der Waals surface area (Å²) in [6.07, 6.45) is 10.0. The first-order chi connectivity index (χ1) is 12.4. The number of carboxylic acids is 1. The second kappa shape index (κ2) is 8.40. The standard InChI is InChI=1S/C20H33N3O3/c21-19(22)13-5-7-17(8-6-13)23-20(26)16-4-3-14-9-12(10-18(24)25)1-2-15(14)11-16/h12-17H,1-11H2,(H3,21,22)(H,23,26)(H,24,25). The molecule has 3 fully saturated rings. The lowest BCUT2D eigenvalue weighted by Crippen LogP contribution is -2.44. The molecule has 3 aliphatic rings. The van der Waals surface area contributed by atoms with Crippen LogP contribution in [0.15, 0.2) is 0 Å². The molecule has 3 aliphatic carbocycles. The van der Waals surface area contributed by atoms with Gasteiger partial charge in [0.05, 0.1) is 5.84 Å². The van der Waals surface area contributed by atoms with Crippen molar-refractivity contribution in [2.24, 2.45) is 35.3 Å². The molecule has 4 unspecified atom stereocenters. The summed E-state index contributed by atoms with van der Waals surface area (Å²) in [6, 6.07) is 0.238. The first-order valence-electron chi connectivity index (χ1n) is 10.3. The molecule has 5 N–H and O–H groups in total. The third-order valence-electron chi connectivity index (χ3n) is 7.07. The summed E-state index contributed by atoms with van der Waals surface area (Å²) in [5.41, 5.74) is 5.59. The molecule has 0 aromatic rings. The van der Waals surface area contributed by atoms with Crippen LogP contribution in [0.1, 0.15) is 70.6 Å². The maximum Gasteiger partial charge on any atom is 0.303 e. The molecule has 4 atom stereocenters. The van der Waals surface area contributed by atoms with Crippen molar-refractivity contribution >= 4 is 17.7 Å². The number of nitrogens with one attached hydrogen (secondary N) is 2. The van der Waals surface area contributed by atoms with Crippen molar-refractivity contribution < 1.29 is 14.7 Å². The Morgan fingerprint density at radius 3 is 2.19 bits per heavy atom. The van der Waals surface area contributed by atoms with Gasteiger partial charge >= 0.3 is 5.97 Å². The fraction of sp³-hybridized carbons (Fsp3) is 0.850. The highest BCUT2D eigenvalue weighted by molar-refractivity contribution is 5.80. The maximum atomic E-state index is 12.7. The lowest BCUT2D eigenvalue weighted by Gasteiger charge is -2.42. The Morgan fingerprint density at radius 2 is 1.54 bits per heavy atom. The average molecular weight is 364 g/mol. The van der Waals surface area contributed by atoms with E-state index in [2.05, 4.69) is 5.32 Å². The molecule has 0 saturated heterocycles. The molecule has 1 amide bonds. The van der Waals surface area contributed by atoms with Gasteiger partial charge in [-0.3, -0.25) is 15.0 Å². The Morgan fingerprint density at radius 1 is 0.923 bits per heavy atom. The SMILES string of the molecule is N=C(N)C1CCC(NC(=O)C2CCC3CC(CC(=O)O)CCC3C2)CC1. The molecular formula is C20H33N3O3. The van der Waals surface area contributed by atoms with Gasteiger partial charge in [0.25, 0.3) is 0 Å². The van der Waals surface area contributed by atoms with Crippen molar-refractivity contribution in [3.63, 3.8) is 0 Å². The van der Waals surface area contributed by atoms with Crippen LogP contribution in [0.3, 0.4) is 0 Å². The summed E-state index contributed by atoms with van der Waals surface area (Å²) in [6.45, 7) is 0. The van der Waals surface area contributed by atoms with E-state index in [1.54, 1.807) is 0 Å². The number of carbonyl (C=O) groups excluding carboxylic acids is 1. The molecular weight excluding hydrogens is 330 g/mol. The van der Waals surface area contributed by atoms with E-state index in [9.17, 15) is 9.59 Å². The molecule has 6 heteroatoms. The summed E-state index contributed by atoms with van der Waals surface area (Å²) in [7, 11) is 0. The summed E-state index contributed by atoms with van der Waals surface area (Å²) >= 11 is 0. The number of aliphatic carboxylic acids is 1. The summed E-state index contributed by atoms with van der Waals surface area (Å²) in [5.74, 6) is 1.67. The van der Waals surface area contributed by atoms with Crippen LogP contribution in [0.5, 0.6) is 0 Å². The minimum atomic E-state index is -0.680. The Bertz CT molecular complexity index is 542. The minimum Gasteiger partial charge on any atom is -0.481 e. The highest BCUT2D eigenvalue weighted by Crippen LogP contribution is 2.45. The van der Waals surface area contributed by atoms with Crippen molar-refractivity contribution in [2.45, 2.75) is 76.7 Å². The van der Waals surface area contributed by atoms with Crippen molar-refractivity contribution in [3.8, 4) is 0 Å². The fourth-order valence-electron chi connectivity index (χ4n) is 5.52. The summed E-state index contributed by atoms with van der Waals surface area (Å²) in [5, 5.41) is 19.8. The van der Waals surface area contributed by atoms with Crippen LogP contribution in [0, 0.1) is 35.0 Å². The number of hydrogen-bond acceptors (Lipinski definition) is 3. The third-order valence-corrected chi connectivity index (χ3v) is 7.07. The highest BCUT2D eigenvalue weighted by Gasteiger charge is 2.38. The summed E-state index contributed by atoms with van der Waals surface area (Å²) in [4.78, 5) is 23.7. The van der Waals surface area contributed by atoms with Gasteiger partial charge in [0.2, 0.25) is 5.91 Å². The molecule has 3 saturated carbocycles. The van der Waals surface area contributed by atoms with Gasteiger partial charge in [0.1, 0.15) is 0 Å². The van der Waals surface area contributed by atoms with Gasteiger partial charge in [-0.15, -0.1) is 0 Å². The molecule has 0 aliphatic heterocycles. The van der Waals surface area contributed by atoms with E-state index in [4.69, 9.17) is 16.2 Å². The highest BCUT2D eigenvalue weighted by atomic mass is 16.4. The van der Waals surface area contributed by atoms with Gasteiger partial charge in [-0.1, -0.05) is 0 Å². The third kappa shape index (κ3) is 4.77. The fourth-order valence-corrected chi connectivity index (χ4v) is 5.52. The first kappa shape index (κ1) is 19.2. The van der Waals surface area contributed by atoms with Crippen LogP contribution in [0.2, 0.25) is 0 Å². The number of amides is 1. The number of hydrogen-bond donors (Lipinski definition) is 4. The Hall–Kier alpha value is -1.59. The first-order valence-corrected chi connectivity index (χ1v) is 10.3. The number of amidine groups is 1. The zero-order valence-corrected chi connectivity index (χ0v) is 15.6. The van der Waals surface area contributed by atoms with Gasteiger partial charge in [-0.2, -0.15) is 0 Å². The van der Waals surface area contributed by atoms with E-state index >= 15 is 0 Å².